The van der Waals surface area contributed by atoms with Gasteiger partial charge in [0.25, 0.3) is 0 Å². The lowest BCUT2D eigenvalue weighted by atomic mass is 10.0. The van der Waals surface area contributed by atoms with Gasteiger partial charge in [-0.25, -0.2) is 4.79 Å². The lowest BCUT2D eigenvalue weighted by molar-refractivity contribution is 0.202. The Labute approximate surface area is 109 Å². The van der Waals surface area contributed by atoms with Crippen molar-refractivity contribution in [1.29, 1.82) is 0 Å². The molecule has 0 aromatic heterocycles. The number of rotatable bonds is 5. The molecule has 0 heterocycles. The fourth-order valence-electron chi connectivity index (χ4n) is 1.67. The molecule has 18 heavy (non-hydrogen) atoms. The summed E-state index contributed by atoms with van der Waals surface area (Å²) in [7, 11) is 1.65. The summed E-state index contributed by atoms with van der Waals surface area (Å²) in [5.41, 5.74) is 2.05. The third-order valence-electron chi connectivity index (χ3n) is 2.63. The van der Waals surface area contributed by atoms with Gasteiger partial charge in [-0.15, -0.1) is 0 Å². The number of likely N-dealkylation sites (N-methyl/N-ethyl adjacent to an activating group) is 1. The molecule has 0 saturated heterocycles. The van der Waals surface area contributed by atoms with Crippen molar-refractivity contribution in [2.75, 3.05) is 25.5 Å². The van der Waals surface area contributed by atoms with Crippen molar-refractivity contribution < 1.29 is 9.90 Å². The molecule has 2 N–H and O–H groups in total. The second kappa shape index (κ2) is 7.01. The number of carbonyl (C=O) groups excluding carboxylic acids is 1. The highest BCUT2D eigenvalue weighted by atomic mass is 16.3. The minimum Gasteiger partial charge on any atom is -0.395 e. The van der Waals surface area contributed by atoms with Crippen molar-refractivity contribution in [1.82, 2.24) is 4.90 Å². The van der Waals surface area contributed by atoms with E-state index < -0.39 is 0 Å². The van der Waals surface area contributed by atoms with Gasteiger partial charge in [0.1, 0.15) is 0 Å². The molecule has 0 fully saturated rings. The first-order chi connectivity index (χ1) is 8.52. The van der Waals surface area contributed by atoms with Gasteiger partial charge in [0.05, 0.1) is 6.61 Å². The number of amides is 2. The minimum atomic E-state index is -0.208. The Balaban J connectivity index is 2.55. The molecule has 0 spiro atoms. The Morgan fingerprint density at radius 2 is 1.94 bits per heavy atom. The summed E-state index contributed by atoms with van der Waals surface area (Å²) in [5.74, 6) is 0.626. The van der Waals surface area contributed by atoms with E-state index >= 15 is 0 Å². The number of anilines is 1. The summed E-state index contributed by atoms with van der Waals surface area (Å²) >= 11 is 0. The number of carbonyl (C=O) groups is 1. The predicted octanol–water partition coefficient (Wildman–Crippen LogP) is 2.34. The van der Waals surface area contributed by atoms with Crippen LogP contribution in [-0.4, -0.2) is 36.2 Å². The summed E-state index contributed by atoms with van der Waals surface area (Å²) < 4.78 is 0. The normalized spacial score (nSPS) is 10.5. The Hall–Kier alpha value is -1.55. The van der Waals surface area contributed by atoms with E-state index in [2.05, 4.69) is 19.2 Å². The average Bonchev–Trinajstić information content (AvgIpc) is 2.31. The van der Waals surface area contributed by atoms with Crippen LogP contribution in [0, 0.1) is 5.92 Å². The van der Waals surface area contributed by atoms with Crippen molar-refractivity contribution in [3.63, 3.8) is 0 Å². The van der Waals surface area contributed by atoms with Gasteiger partial charge in [0.15, 0.2) is 0 Å². The third-order valence-corrected chi connectivity index (χ3v) is 2.63. The summed E-state index contributed by atoms with van der Waals surface area (Å²) in [6, 6.07) is 7.66. The maximum atomic E-state index is 11.7. The van der Waals surface area contributed by atoms with Gasteiger partial charge in [-0.1, -0.05) is 26.0 Å². The van der Waals surface area contributed by atoms with E-state index in [1.807, 2.05) is 24.3 Å². The topological polar surface area (TPSA) is 52.6 Å². The van der Waals surface area contributed by atoms with Crippen LogP contribution < -0.4 is 5.32 Å². The van der Waals surface area contributed by atoms with E-state index in [0.717, 1.165) is 12.1 Å². The van der Waals surface area contributed by atoms with Gasteiger partial charge in [-0.3, -0.25) is 0 Å². The zero-order chi connectivity index (χ0) is 13.5. The van der Waals surface area contributed by atoms with E-state index in [1.54, 1.807) is 7.05 Å². The largest absolute Gasteiger partial charge is 0.395 e. The molecule has 2 amide bonds. The highest BCUT2D eigenvalue weighted by Crippen LogP contribution is 2.13. The summed E-state index contributed by atoms with van der Waals surface area (Å²) in [6.45, 7) is 4.66. The molecule has 0 saturated carbocycles. The van der Waals surface area contributed by atoms with Gasteiger partial charge in [0.2, 0.25) is 0 Å². The van der Waals surface area contributed by atoms with Gasteiger partial charge >= 0.3 is 6.03 Å². The van der Waals surface area contributed by atoms with Crippen molar-refractivity contribution in [2.45, 2.75) is 20.3 Å². The number of aliphatic hydroxyl groups excluding tert-OH is 1. The SMILES string of the molecule is CC(C)Cc1ccc(NC(=O)N(C)CCO)cc1. The highest BCUT2D eigenvalue weighted by molar-refractivity contribution is 5.89. The van der Waals surface area contributed by atoms with E-state index in [4.69, 9.17) is 5.11 Å². The maximum Gasteiger partial charge on any atom is 0.321 e. The lowest BCUT2D eigenvalue weighted by Gasteiger charge is -2.16. The van der Waals surface area contributed by atoms with Crippen LogP contribution in [0.3, 0.4) is 0 Å². The van der Waals surface area contributed by atoms with Gasteiger partial charge in [-0.05, 0) is 30.0 Å². The van der Waals surface area contributed by atoms with Crippen LogP contribution in [0.15, 0.2) is 24.3 Å². The van der Waals surface area contributed by atoms with Crippen molar-refractivity contribution >= 4 is 11.7 Å². The van der Waals surface area contributed by atoms with Gasteiger partial charge in [-0.2, -0.15) is 0 Å². The first-order valence-electron chi connectivity index (χ1n) is 6.25. The molecule has 0 aliphatic rings. The molecular weight excluding hydrogens is 228 g/mol. The van der Waals surface area contributed by atoms with Crippen LogP contribution in [0.2, 0.25) is 0 Å². The number of nitrogens with one attached hydrogen (secondary N) is 1. The van der Waals surface area contributed by atoms with E-state index in [9.17, 15) is 4.79 Å². The number of aliphatic hydroxyl groups is 1. The number of benzene rings is 1. The molecular formula is C14H22N2O2. The molecule has 0 radical (unpaired) electrons. The monoisotopic (exact) mass is 250 g/mol. The van der Waals surface area contributed by atoms with Crippen LogP contribution in [0.25, 0.3) is 0 Å². The van der Waals surface area contributed by atoms with E-state index in [1.165, 1.54) is 10.5 Å². The Morgan fingerprint density at radius 1 is 1.33 bits per heavy atom. The van der Waals surface area contributed by atoms with Crippen LogP contribution in [0.4, 0.5) is 10.5 Å². The standard InChI is InChI=1S/C14H22N2O2/c1-11(2)10-12-4-6-13(7-5-12)15-14(18)16(3)8-9-17/h4-7,11,17H,8-10H2,1-3H3,(H,15,18). The molecule has 0 atom stereocenters. The average molecular weight is 250 g/mol. The second-order valence-electron chi connectivity index (χ2n) is 4.87. The van der Waals surface area contributed by atoms with Crippen molar-refractivity contribution in [2.24, 2.45) is 5.92 Å². The van der Waals surface area contributed by atoms with Crippen LogP contribution in [-0.2, 0) is 6.42 Å². The van der Waals surface area contributed by atoms with E-state index in [-0.39, 0.29) is 12.6 Å². The van der Waals surface area contributed by atoms with Gasteiger partial charge < -0.3 is 15.3 Å². The number of hydrogen-bond donors (Lipinski definition) is 2. The van der Waals surface area contributed by atoms with Crippen molar-refractivity contribution in [3.05, 3.63) is 29.8 Å². The Morgan fingerprint density at radius 3 is 2.44 bits per heavy atom. The summed E-state index contributed by atoms with van der Waals surface area (Å²) in [4.78, 5) is 13.1. The summed E-state index contributed by atoms with van der Waals surface area (Å²) in [6.07, 6.45) is 1.04. The van der Waals surface area contributed by atoms with Crippen LogP contribution in [0.5, 0.6) is 0 Å². The Bertz CT molecular complexity index is 374. The number of nitrogens with zero attached hydrogens (tertiary/aromatic N) is 1. The molecule has 4 nitrogen and oxygen atoms in total. The molecule has 4 heteroatoms. The molecule has 0 unspecified atom stereocenters. The first kappa shape index (κ1) is 14.5. The third kappa shape index (κ3) is 4.75. The van der Waals surface area contributed by atoms with Gasteiger partial charge in [0, 0.05) is 19.3 Å². The highest BCUT2D eigenvalue weighted by Gasteiger charge is 2.07. The first-order valence-corrected chi connectivity index (χ1v) is 6.25. The van der Waals surface area contributed by atoms with Crippen molar-refractivity contribution in [3.8, 4) is 0 Å². The zero-order valence-corrected chi connectivity index (χ0v) is 11.3. The second-order valence-corrected chi connectivity index (χ2v) is 4.87. The number of urea groups is 1. The molecule has 1 aromatic carbocycles. The predicted molar refractivity (Wildman–Crippen MR) is 73.7 cm³/mol. The van der Waals surface area contributed by atoms with Crippen LogP contribution in [0.1, 0.15) is 19.4 Å². The fraction of sp³-hybridized carbons (Fsp3) is 0.500. The molecule has 0 aliphatic heterocycles. The fourth-order valence-corrected chi connectivity index (χ4v) is 1.67. The summed E-state index contributed by atoms with van der Waals surface area (Å²) in [5, 5.41) is 11.5. The van der Waals surface area contributed by atoms with Crippen LogP contribution >= 0.6 is 0 Å². The lowest BCUT2D eigenvalue weighted by Crippen LogP contribution is -2.33. The smallest absolute Gasteiger partial charge is 0.321 e. The molecule has 1 rings (SSSR count). The molecule has 100 valence electrons. The minimum absolute atomic E-state index is 0.0305. The molecule has 0 aliphatic carbocycles. The van der Waals surface area contributed by atoms with E-state index in [0.29, 0.717) is 12.5 Å². The molecule has 0 bridgehead atoms. The molecule has 1 aromatic rings. The quantitative estimate of drug-likeness (QED) is 0.842. The number of hydrogen-bond acceptors (Lipinski definition) is 2. The zero-order valence-electron chi connectivity index (χ0n) is 11.3. The maximum absolute atomic E-state index is 11.7. The Kier molecular flexibility index (Phi) is 5.65.